The number of aliphatic hydroxyl groups is 2. The Bertz CT molecular complexity index is 1190. The Labute approximate surface area is 257 Å². The normalized spacial score (nSPS) is 33.9. The first kappa shape index (κ1) is 31.7. The van der Waals surface area contributed by atoms with Crippen molar-refractivity contribution in [3.8, 4) is 0 Å². The first-order valence-corrected chi connectivity index (χ1v) is 17.5. The van der Waals surface area contributed by atoms with Gasteiger partial charge in [0.25, 0.3) is 0 Å². The van der Waals surface area contributed by atoms with E-state index >= 15 is 0 Å². The molecule has 2 N–H and O–H groups in total. The lowest BCUT2D eigenvalue weighted by Crippen LogP contribution is -2.37. The van der Waals surface area contributed by atoms with E-state index in [1.54, 1.807) is 11.3 Å². The number of unbranched alkanes of at least 4 members (excludes halogenated alkanes) is 1. The fourth-order valence-electron chi connectivity index (χ4n) is 8.67. The zero-order chi connectivity index (χ0) is 30.1. The molecule has 0 unspecified atom stereocenters. The molecule has 0 bridgehead atoms. The number of fused-ring (bicyclic) bond motifs is 1. The van der Waals surface area contributed by atoms with Gasteiger partial charge in [-0.05, 0) is 112 Å². The molecule has 0 aromatic carbocycles. The average molecular weight is 596 g/mol. The molecule has 4 saturated carbocycles. The smallest absolute Gasteiger partial charge is 0.306 e. The van der Waals surface area contributed by atoms with Gasteiger partial charge in [-0.2, -0.15) is 0 Å². The Hall–Kier alpha value is -1.76. The molecule has 4 fully saturated rings. The van der Waals surface area contributed by atoms with Crippen molar-refractivity contribution in [2.45, 2.75) is 141 Å². The summed E-state index contributed by atoms with van der Waals surface area (Å²) in [4.78, 5) is 17.7. The van der Waals surface area contributed by atoms with Crippen molar-refractivity contribution in [2.24, 2.45) is 23.2 Å². The molecule has 6 heteroatoms. The second-order valence-corrected chi connectivity index (χ2v) is 15.1. The maximum absolute atomic E-state index is 12.8. The van der Waals surface area contributed by atoms with E-state index in [4.69, 9.17) is 9.72 Å². The van der Waals surface area contributed by atoms with Gasteiger partial charge in [0.05, 0.1) is 17.6 Å². The fraction of sp³-hybridized carbons (Fsp3) is 0.722. The Morgan fingerprint density at radius 3 is 2.71 bits per heavy atom. The minimum Gasteiger partial charge on any atom is -0.461 e. The van der Waals surface area contributed by atoms with Crippen LogP contribution in [0.4, 0.5) is 0 Å². The molecular weight excluding hydrogens is 542 g/mol. The molecule has 0 spiro atoms. The molecule has 1 aromatic heterocycles. The number of thiazole rings is 1. The number of esters is 1. The lowest BCUT2D eigenvalue weighted by Gasteiger charge is -2.44. The van der Waals surface area contributed by atoms with Crippen LogP contribution in [-0.2, 0) is 14.9 Å². The lowest BCUT2D eigenvalue weighted by molar-refractivity contribution is -0.151. The number of aryl methyl sites for hydroxylation is 1. The van der Waals surface area contributed by atoms with Crippen LogP contribution in [0.2, 0.25) is 0 Å². The van der Waals surface area contributed by atoms with Gasteiger partial charge in [-0.1, -0.05) is 51.5 Å². The molecule has 42 heavy (non-hydrogen) atoms. The first-order chi connectivity index (χ1) is 20.1. The Morgan fingerprint density at radius 2 is 2.02 bits per heavy atom. The maximum Gasteiger partial charge on any atom is 0.306 e. The maximum atomic E-state index is 12.8. The molecule has 1 heterocycles. The van der Waals surface area contributed by atoms with Gasteiger partial charge < -0.3 is 14.9 Å². The third-order valence-electron chi connectivity index (χ3n) is 11.3. The van der Waals surface area contributed by atoms with E-state index in [1.807, 2.05) is 0 Å². The largest absolute Gasteiger partial charge is 0.461 e. The summed E-state index contributed by atoms with van der Waals surface area (Å²) >= 11 is 1.73. The summed E-state index contributed by atoms with van der Waals surface area (Å²) in [6.45, 7) is 13.2. The Kier molecular flexibility index (Phi) is 9.86. The van der Waals surface area contributed by atoms with Crippen LogP contribution in [0.15, 0.2) is 40.8 Å². The van der Waals surface area contributed by atoms with Crippen molar-refractivity contribution in [1.29, 1.82) is 0 Å². The van der Waals surface area contributed by atoms with Gasteiger partial charge in [0.15, 0.2) is 0 Å². The number of rotatable bonds is 11. The summed E-state index contributed by atoms with van der Waals surface area (Å²) in [6, 6.07) is 0. The number of carbonyl (C=O) groups is 1. The predicted octanol–water partition coefficient (Wildman–Crippen LogP) is 8.14. The van der Waals surface area contributed by atoms with Crippen molar-refractivity contribution < 1.29 is 19.7 Å². The average Bonchev–Trinajstić information content (AvgIpc) is 3.51. The van der Waals surface area contributed by atoms with Crippen molar-refractivity contribution in [3.63, 3.8) is 0 Å². The van der Waals surface area contributed by atoms with Crippen molar-refractivity contribution in [3.05, 3.63) is 51.5 Å². The third-order valence-corrected chi connectivity index (χ3v) is 12.5. The van der Waals surface area contributed by atoms with Gasteiger partial charge in [0.2, 0.25) is 0 Å². The molecule has 232 valence electrons. The minimum atomic E-state index is -0.643. The van der Waals surface area contributed by atoms with Crippen LogP contribution in [0.25, 0.3) is 0 Å². The number of allylic oxidation sites excluding steroid dienone is 3. The summed E-state index contributed by atoms with van der Waals surface area (Å²) in [7, 11) is 0. The van der Waals surface area contributed by atoms with Crippen LogP contribution >= 0.6 is 11.3 Å². The van der Waals surface area contributed by atoms with Crippen molar-refractivity contribution >= 4 is 17.3 Å². The number of aromatic nitrogens is 1. The van der Waals surface area contributed by atoms with E-state index in [2.05, 4.69) is 51.8 Å². The van der Waals surface area contributed by atoms with Crippen molar-refractivity contribution in [1.82, 2.24) is 4.98 Å². The van der Waals surface area contributed by atoms with Crippen LogP contribution in [0.1, 0.15) is 121 Å². The quantitative estimate of drug-likeness (QED) is 0.253. The molecule has 4 aliphatic rings. The van der Waals surface area contributed by atoms with Gasteiger partial charge in [0, 0.05) is 23.9 Å². The minimum absolute atomic E-state index is 0.0428. The number of ether oxygens (including phenoxy) is 1. The number of nitrogens with zero attached hydrogens (tertiary/aromatic N) is 1. The van der Waals surface area contributed by atoms with E-state index in [9.17, 15) is 15.0 Å². The van der Waals surface area contributed by atoms with E-state index in [1.165, 1.54) is 31.3 Å². The van der Waals surface area contributed by atoms with E-state index < -0.39 is 12.2 Å². The first-order valence-electron chi connectivity index (χ1n) is 16.6. The predicted molar refractivity (Wildman–Crippen MR) is 170 cm³/mol. The highest BCUT2D eigenvalue weighted by atomic mass is 32.1. The van der Waals surface area contributed by atoms with Crippen LogP contribution in [0.5, 0.6) is 0 Å². The molecular formula is C36H53NO4S. The number of hydrogen-bond acceptors (Lipinski definition) is 6. The molecule has 5 rings (SSSR count). The molecule has 0 aliphatic heterocycles. The second-order valence-electron chi connectivity index (χ2n) is 14.3. The second kappa shape index (κ2) is 13.1. The lowest BCUT2D eigenvalue weighted by atomic mass is 9.60. The van der Waals surface area contributed by atoms with Gasteiger partial charge in [0.1, 0.15) is 11.1 Å². The summed E-state index contributed by atoms with van der Waals surface area (Å²) in [5.41, 5.74) is 4.55. The summed E-state index contributed by atoms with van der Waals surface area (Å²) in [5.74, 6) is 1.75. The standard InChI is InChI=1S/C36H53NO4S/c1-6-7-10-33(40)41-32(36(18-19-36)34-37-24(3)22-42-34)16-11-23(2)29-14-15-30-26(9-8-17-35(29,30)5)12-13-27-20-28(38)21-31(39)25(27)4/h12-13,22-23,28-32,38-39H,4,6-11,14-21H2,1-3,5H3/t23-,28-,29-,30+,31+,32+,35-/m1/s1. The van der Waals surface area contributed by atoms with Crippen LogP contribution in [0.3, 0.4) is 0 Å². The summed E-state index contributed by atoms with van der Waals surface area (Å²) < 4.78 is 6.29. The summed E-state index contributed by atoms with van der Waals surface area (Å²) in [6.07, 6.45) is 16.8. The number of carbonyl (C=O) groups excluding carboxylic acids is 1. The monoisotopic (exact) mass is 595 g/mol. The van der Waals surface area contributed by atoms with E-state index in [0.29, 0.717) is 37.0 Å². The molecule has 1 aromatic rings. The summed E-state index contributed by atoms with van der Waals surface area (Å²) in [5, 5.41) is 23.8. The highest BCUT2D eigenvalue weighted by Gasteiger charge is 2.55. The zero-order valence-electron chi connectivity index (χ0n) is 26.4. The van der Waals surface area contributed by atoms with Crippen molar-refractivity contribution in [2.75, 3.05) is 0 Å². The van der Waals surface area contributed by atoms with Crippen LogP contribution in [0, 0.1) is 30.1 Å². The zero-order valence-corrected chi connectivity index (χ0v) is 27.2. The van der Waals surface area contributed by atoms with Gasteiger partial charge in [-0.15, -0.1) is 11.3 Å². The Balaban J connectivity index is 1.28. The van der Waals surface area contributed by atoms with E-state index in [-0.39, 0.29) is 22.9 Å². The topological polar surface area (TPSA) is 79.7 Å². The Morgan fingerprint density at radius 1 is 1.24 bits per heavy atom. The molecule has 0 saturated heterocycles. The SMILES string of the molecule is C=C1C(=CC=C2CCC[C@]3(C)[C@@H]([C@H](C)CC[C@H](OC(=O)CCCC)C4(c5nc(C)cs5)CC4)CC[C@@H]23)C[C@@H](O)C[C@@H]1O. The molecule has 5 nitrogen and oxygen atoms in total. The van der Waals surface area contributed by atoms with E-state index in [0.717, 1.165) is 66.8 Å². The van der Waals surface area contributed by atoms with Crippen LogP contribution in [-0.4, -0.2) is 39.5 Å². The van der Waals surface area contributed by atoms with Crippen LogP contribution < -0.4 is 0 Å². The molecule has 0 radical (unpaired) electrons. The number of hydrogen-bond donors (Lipinski definition) is 2. The highest BCUT2D eigenvalue weighted by Crippen LogP contribution is 2.60. The van der Waals surface area contributed by atoms with Gasteiger partial charge in [-0.25, -0.2) is 4.98 Å². The molecule has 7 atom stereocenters. The molecule has 0 amide bonds. The highest BCUT2D eigenvalue weighted by molar-refractivity contribution is 7.09. The van der Waals surface area contributed by atoms with Gasteiger partial charge >= 0.3 is 5.97 Å². The van der Waals surface area contributed by atoms with Gasteiger partial charge in [-0.3, -0.25) is 4.79 Å². The molecule has 4 aliphatic carbocycles. The number of aliphatic hydroxyl groups excluding tert-OH is 2. The third kappa shape index (κ3) is 6.51. The fourth-order valence-corrected chi connectivity index (χ4v) is 9.77.